The van der Waals surface area contributed by atoms with Crippen LogP contribution < -0.4 is 0 Å². The van der Waals surface area contributed by atoms with Crippen molar-refractivity contribution in [3.05, 3.63) is 71.8 Å². The highest BCUT2D eigenvalue weighted by atomic mass is 16.5. The fourth-order valence-electron chi connectivity index (χ4n) is 6.26. The normalized spacial score (nSPS) is 13.5. The summed E-state index contributed by atoms with van der Waals surface area (Å²) in [5, 5.41) is 0. The van der Waals surface area contributed by atoms with Crippen LogP contribution in [-0.2, 0) is 78.3 Å². The van der Waals surface area contributed by atoms with Crippen molar-refractivity contribution < 1.29 is 38.1 Å². The van der Waals surface area contributed by atoms with E-state index in [0.29, 0.717) is 38.9 Å². The van der Waals surface area contributed by atoms with E-state index in [1.807, 2.05) is 75.2 Å². The van der Waals surface area contributed by atoms with Crippen LogP contribution in [0.1, 0.15) is 102 Å². The van der Waals surface area contributed by atoms with Crippen LogP contribution in [0.2, 0.25) is 0 Å². The maximum atomic E-state index is 13.4. The van der Waals surface area contributed by atoms with E-state index in [9.17, 15) is 19.2 Å². The third-order valence-corrected chi connectivity index (χ3v) is 9.56. The van der Waals surface area contributed by atoms with Gasteiger partial charge in [-0.05, 0) is 61.5 Å². The van der Waals surface area contributed by atoms with E-state index in [1.54, 1.807) is 25.0 Å². The van der Waals surface area contributed by atoms with E-state index in [-0.39, 0.29) is 61.8 Å². The Bertz CT molecular complexity index is 1420. The Hall–Kier alpha value is -4.48. The summed E-state index contributed by atoms with van der Waals surface area (Å²) in [6.45, 7) is 8.78. The van der Waals surface area contributed by atoms with Crippen LogP contribution in [0.4, 0.5) is 0 Å². The van der Waals surface area contributed by atoms with Crippen LogP contribution in [0.25, 0.3) is 0 Å². The highest BCUT2D eigenvalue weighted by molar-refractivity contribution is 5.76. The number of carbonyl (C=O) groups excluding carboxylic acids is 4. The van der Waals surface area contributed by atoms with Crippen molar-refractivity contribution in [3.8, 4) is 0 Å². The van der Waals surface area contributed by atoms with Crippen LogP contribution in [0.5, 0.6) is 0 Å². The van der Waals surface area contributed by atoms with Gasteiger partial charge in [0.15, 0.2) is 0 Å². The molecule has 3 aromatic rings. The molecule has 0 fully saturated rings. The zero-order valence-electron chi connectivity index (χ0n) is 31.9. The molecule has 0 bridgehead atoms. The number of rotatable bonds is 24. The summed E-state index contributed by atoms with van der Waals surface area (Å²) in [5.41, 5.74) is 3.41. The summed E-state index contributed by atoms with van der Waals surface area (Å²) in [6, 6.07) is 7.35. The number of esters is 4. The molecule has 12 nitrogen and oxygen atoms in total. The van der Waals surface area contributed by atoms with Crippen LogP contribution in [0.15, 0.2) is 49.3 Å². The lowest BCUT2D eigenvalue weighted by Gasteiger charge is -2.25. The highest BCUT2D eigenvalue weighted by Crippen LogP contribution is 2.28. The Labute approximate surface area is 308 Å². The SMILES string of the molecule is CCCCOC(=O)CC(Cc1cncn1C)C(CC)C(=O)OCc1ccc(COC(=O)C(CC)C(CC(=O)OCCCC)Cc2cncn2C)cc1. The molecular weight excluding hydrogens is 664 g/mol. The molecule has 52 heavy (non-hydrogen) atoms. The first-order chi connectivity index (χ1) is 25.1. The minimum atomic E-state index is -0.501. The second kappa shape index (κ2) is 22.5. The smallest absolute Gasteiger partial charge is 0.309 e. The molecule has 0 N–H and O–H groups in total. The number of carbonyl (C=O) groups is 4. The molecule has 12 heteroatoms. The van der Waals surface area contributed by atoms with Crippen LogP contribution in [-0.4, -0.2) is 56.2 Å². The van der Waals surface area contributed by atoms with Gasteiger partial charge in [0.05, 0.1) is 37.7 Å². The zero-order chi connectivity index (χ0) is 37.9. The zero-order valence-corrected chi connectivity index (χ0v) is 31.9. The Kier molecular flexibility index (Phi) is 18.1. The Morgan fingerprint density at radius 1 is 0.615 bits per heavy atom. The van der Waals surface area contributed by atoms with Gasteiger partial charge in [-0.3, -0.25) is 19.2 Å². The number of imidazole rings is 2. The highest BCUT2D eigenvalue weighted by Gasteiger charge is 2.33. The molecule has 2 heterocycles. The van der Waals surface area contributed by atoms with Crippen molar-refractivity contribution in [3.63, 3.8) is 0 Å². The van der Waals surface area contributed by atoms with Gasteiger partial charge in [-0.15, -0.1) is 0 Å². The minimum absolute atomic E-state index is 0.0662. The average Bonchev–Trinajstić information content (AvgIpc) is 3.73. The number of nitrogens with zero attached hydrogens (tertiary/aromatic N) is 4. The first kappa shape index (κ1) is 41.9. The van der Waals surface area contributed by atoms with Crippen molar-refractivity contribution in [2.24, 2.45) is 37.8 Å². The maximum Gasteiger partial charge on any atom is 0.309 e. The summed E-state index contributed by atoms with van der Waals surface area (Å²) in [6.07, 6.45) is 12.6. The largest absolute Gasteiger partial charge is 0.466 e. The Morgan fingerprint density at radius 2 is 1.00 bits per heavy atom. The maximum absolute atomic E-state index is 13.4. The molecule has 4 atom stereocenters. The van der Waals surface area contributed by atoms with Gasteiger partial charge in [-0.1, -0.05) is 64.8 Å². The molecule has 0 saturated carbocycles. The van der Waals surface area contributed by atoms with E-state index >= 15 is 0 Å². The third-order valence-electron chi connectivity index (χ3n) is 9.56. The van der Waals surface area contributed by atoms with E-state index < -0.39 is 11.8 Å². The molecule has 0 saturated heterocycles. The van der Waals surface area contributed by atoms with Gasteiger partial charge in [0.25, 0.3) is 0 Å². The van der Waals surface area contributed by atoms with Crippen LogP contribution in [0.3, 0.4) is 0 Å². The molecule has 0 aliphatic carbocycles. The van der Waals surface area contributed by atoms with Gasteiger partial charge >= 0.3 is 23.9 Å². The molecule has 0 aliphatic rings. The van der Waals surface area contributed by atoms with Crippen molar-refractivity contribution in [2.75, 3.05) is 13.2 Å². The topological polar surface area (TPSA) is 141 Å². The molecular formula is C40H58N4O8. The fourth-order valence-corrected chi connectivity index (χ4v) is 6.26. The van der Waals surface area contributed by atoms with Gasteiger partial charge in [0.1, 0.15) is 13.2 Å². The van der Waals surface area contributed by atoms with Gasteiger partial charge in [-0.2, -0.15) is 0 Å². The molecule has 0 aliphatic heterocycles. The molecule has 1 aromatic carbocycles. The van der Waals surface area contributed by atoms with Gasteiger partial charge in [-0.25, -0.2) is 9.97 Å². The van der Waals surface area contributed by atoms with Crippen molar-refractivity contribution in [1.82, 2.24) is 19.1 Å². The fraction of sp³-hybridized carbons (Fsp3) is 0.600. The monoisotopic (exact) mass is 722 g/mol. The second-order valence-corrected chi connectivity index (χ2v) is 13.5. The lowest BCUT2D eigenvalue weighted by molar-refractivity contribution is -0.155. The molecule has 0 radical (unpaired) electrons. The summed E-state index contributed by atoms with van der Waals surface area (Å²) in [7, 11) is 3.78. The molecule has 0 amide bonds. The molecule has 2 aromatic heterocycles. The predicted molar refractivity (Wildman–Crippen MR) is 195 cm³/mol. The molecule has 0 spiro atoms. The standard InChI is InChI=1S/C40H58N4O8/c1-7-11-17-49-37(45)21-31(19-33-23-41-27-43(33)5)35(9-3)39(47)51-25-29-13-15-30(16-14-29)26-52-40(48)36(10-4)32(20-34-24-42-28-44(34)6)22-38(46)50-18-12-8-2/h13-16,23-24,27-28,31-32,35-36H,7-12,17-22,25-26H2,1-6H3. The summed E-state index contributed by atoms with van der Waals surface area (Å²) in [5.74, 6) is -2.98. The first-order valence-electron chi connectivity index (χ1n) is 18.7. The number of hydrogen-bond donors (Lipinski definition) is 0. The summed E-state index contributed by atoms with van der Waals surface area (Å²) >= 11 is 0. The first-order valence-corrected chi connectivity index (χ1v) is 18.7. The number of aromatic nitrogens is 4. The van der Waals surface area contributed by atoms with Crippen LogP contribution in [0, 0.1) is 23.7 Å². The summed E-state index contributed by atoms with van der Waals surface area (Å²) in [4.78, 5) is 60.6. The van der Waals surface area contributed by atoms with Crippen molar-refractivity contribution in [2.45, 2.75) is 105 Å². The quantitative estimate of drug-likeness (QED) is 0.0574. The second-order valence-electron chi connectivity index (χ2n) is 13.5. The molecule has 3 rings (SSSR count). The van der Waals surface area contributed by atoms with Gasteiger partial charge in [0, 0.05) is 50.7 Å². The number of ether oxygens (including phenoxy) is 4. The average molecular weight is 723 g/mol. The van der Waals surface area contributed by atoms with E-state index in [4.69, 9.17) is 18.9 Å². The van der Waals surface area contributed by atoms with E-state index in [0.717, 1.165) is 48.2 Å². The molecule has 286 valence electrons. The van der Waals surface area contributed by atoms with Gasteiger partial charge < -0.3 is 28.1 Å². The van der Waals surface area contributed by atoms with Crippen molar-refractivity contribution >= 4 is 23.9 Å². The number of benzene rings is 1. The Morgan fingerprint density at radius 3 is 1.31 bits per heavy atom. The summed E-state index contributed by atoms with van der Waals surface area (Å²) < 4.78 is 26.2. The van der Waals surface area contributed by atoms with E-state index in [1.165, 1.54) is 0 Å². The lowest BCUT2D eigenvalue weighted by Crippen LogP contribution is -2.30. The lowest BCUT2D eigenvalue weighted by atomic mass is 9.84. The predicted octanol–water partition coefficient (Wildman–Crippen LogP) is 6.48. The molecule has 4 unspecified atom stereocenters. The van der Waals surface area contributed by atoms with Gasteiger partial charge in [0.2, 0.25) is 0 Å². The van der Waals surface area contributed by atoms with Crippen LogP contribution >= 0.6 is 0 Å². The third kappa shape index (κ3) is 13.6. The van der Waals surface area contributed by atoms with E-state index in [2.05, 4.69) is 9.97 Å². The minimum Gasteiger partial charge on any atom is -0.466 e. The number of hydrogen-bond acceptors (Lipinski definition) is 10. The number of unbranched alkanes of at least 4 members (excludes halogenated alkanes) is 2. The van der Waals surface area contributed by atoms with Crippen molar-refractivity contribution in [1.29, 1.82) is 0 Å². The Balaban J connectivity index is 1.59. The number of aryl methyl sites for hydroxylation is 2.